The lowest BCUT2D eigenvalue weighted by molar-refractivity contribution is -0.134. The summed E-state index contributed by atoms with van der Waals surface area (Å²) < 4.78 is 15.2. The molecule has 2 aromatic carbocycles. The molecule has 0 bridgehead atoms. The second-order valence-corrected chi connectivity index (χ2v) is 7.69. The van der Waals surface area contributed by atoms with Crippen molar-refractivity contribution in [1.29, 1.82) is 0 Å². The van der Waals surface area contributed by atoms with Gasteiger partial charge in [0.2, 0.25) is 0 Å². The zero-order chi connectivity index (χ0) is 23.1. The van der Waals surface area contributed by atoms with Gasteiger partial charge in [0.15, 0.2) is 6.61 Å². The molecule has 0 spiro atoms. The second kappa shape index (κ2) is 11.1. The van der Waals surface area contributed by atoms with Crippen LogP contribution in [0.2, 0.25) is 10.0 Å². The fourth-order valence-corrected chi connectivity index (χ4v) is 3.54. The molecule has 3 rings (SSSR count). The first-order valence-corrected chi connectivity index (χ1v) is 10.7. The van der Waals surface area contributed by atoms with E-state index in [-0.39, 0.29) is 30.8 Å². The number of nitrogens with zero attached hydrogens (tertiary/aromatic N) is 2. The number of carbonyl (C=O) groups excluding carboxylic acids is 3. The van der Waals surface area contributed by atoms with Crippen LogP contribution in [-0.4, -0.2) is 67.2 Å². The molecule has 0 N–H and O–H groups in total. The molecule has 0 aliphatic carbocycles. The quantitative estimate of drug-likeness (QED) is 0.460. The average molecular weight is 481 g/mol. The van der Waals surface area contributed by atoms with Gasteiger partial charge >= 0.3 is 6.16 Å². The van der Waals surface area contributed by atoms with Crippen LogP contribution in [0.25, 0.3) is 0 Å². The van der Waals surface area contributed by atoms with Crippen molar-refractivity contribution in [2.75, 3.05) is 39.4 Å². The van der Waals surface area contributed by atoms with Gasteiger partial charge in [-0.05, 0) is 49.4 Å². The Hall–Kier alpha value is -2.97. The maximum Gasteiger partial charge on any atom is 0.513 e. The largest absolute Gasteiger partial charge is 0.513 e. The van der Waals surface area contributed by atoms with Crippen LogP contribution in [0.15, 0.2) is 42.5 Å². The van der Waals surface area contributed by atoms with Gasteiger partial charge in [-0.15, -0.1) is 0 Å². The number of rotatable bonds is 6. The fraction of sp³-hybridized carbons (Fsp3) is 0.318. The number of halogens is 2. The van der Waals surface area contributed by atoms with Crippen molar-refractivity contribution in [1.82, 2.24) is 9.80 Å². The van der Waals surface area contributed by atoms with Gasteiger partial charge < -0.3 is 24.0 Å². The number of benzene rings is 2. The summed E-state index contributed by atoms with van der Waals surface area (Å²) in [5, 5.41) is 0.815. The molecule has 2 amide bonds. The third-order valence-corrected chi connectivity index (χ3v) is 5.26. The molecule has 32 heavy (non-hydrogen) atoms. The lowest BCUT2D eigenvalue weighted by Gasteiger charge is -2.34. The number of piperazine rings is 1. The highest BCUT2D eigenvalue weighted by molar-refractivity contribution is 6.35. The van der Waals surface area contributed by atoms with Gasteiger partial charge in [0.25, 0.3) is 11.8 Å². The minimum Gasteiger partial charge on any atom is -0.482 e. The van der Waals surface area contributed by atoms with E-state index in [1.807, 2.05) is 0 Å². The van der Waals surface area contributed by atoms with Crippen molar-refractivity contribution < 1.29 is 28.6 Å². The van der Waals surface area contributed by atoms with Crippen molar-refractivity contribution >= 4 is 41.2 Å². The van der Waals surface area contributed by atoms with Gasteiger partial charge in [-0.25, -0.2) is 4.79 Å². The molecule has 1 fully saturated rings. The van der Waals surface area contributed by atoms with E-state index >= 15 is 0 Å². The number of hydrogen-bond donors (Lipinski definition) is 0. The topological polar surface area (TPSA) is 85.4 Å². The van der Waals surface area contributed by atoms with Gasteiger partial charge in [0.1, 0.15) is 11.5 Å². The Kier molecular flexibility index (Phi) is 8.19. The Labute approximate surface area is 195 Å². The molecular formula is C22H22Cl2N2O6. The number of ether oxygens (including phenoxy) is 3. The fourth-order valence-electron chi connectivity index (χ4n) is 3.07. The van der Waals surface area contributed by atoms with E-state index in [9.17, 15) is 14.4 Å². The minimum atomic E-state index is -0.797. The van der Waals surface area contributed by atoms with E-state index < -0.39 is 6.16 Å². The zero-order valence-electron chi connectivity index (χ0n) is 17.4. The standard InChI is InChI=1S/C22H22Cl2N2O6/c1-2-30-22(29)32-17-6-3-15(4-7-17)21(28)26-11-9-25(10-12-26)20(27)14-31-19-8-5-16(23)13-18(19)24/h3-8,13H,2,9-12,14H2,1H3. The summed E-state index contributed by atoms with van der Waals surface area (Å²) in [7, 11) is 0. The van der Waals surface area contributed by atoms with E-state index in [1.54, 1.807) is 47.1 Å². The van der Waals surface area contributed by atoms with E-state index in [2.05, 4.69) is 0 Å². The molecule has 170 valence electrons. The maximum atomic E-state index is 12.7. The van der Waals surface area contributed by atoms with E-state index in [1.165, 1.54) is 12.1 Å². The average Bonchev–Trinajstić information content (AvgIpc) is 2.78. The first-order chi connectivity index (χ1) is 15.4. The highest BCUT2D eigenvalue weighted by Gasteiger charge is 2.25. The van der Waals surface area contributed by atoms with Crippen molar-refractivity contribution in [2.24, 2.45) is 0 Å². The van der Waals surface area contributed by atoms with Crippen LogP contribution in [0.5, 0.6) is 11.5 Å². The Bertz CT molecular complexity index is 975. The SMILES string of the molecule is CCOC(=O)Oc1ccc(C(=O)N2CCN(C(=O)COc3ccc(Cl)cc3Cl)CC2)cc1. The third kappa shape index (κ3) is 6.27. The van der Waals surface area contributed by atoms with Crippen LogP contribution < -0.4 is 9.47 Å². The van der Waals surface area contributed by atoms with Crippen LogP contribution in [0.3, 0.4) is 0 Å². The van der Waals surface area contributed by atoms with Gasteiger partial charge in [-0.3, -0.25) is 9.59 Å². The predicted octanol–water partition coefficient (Wildman–Crippen LogP) is 3.89. The van der Waals surface area contributed by atoms with Crippen LogP contribution >= 0.6 is 23.2 Å². The lowest BCUT2D eigenvalue weighted by Crippen LogP contribution is -2.51. The molecule has 0 atom stereocenters. The predicted molar refractivity (Wildman–Crippen MR) is 119 cm³/mol. The summed E-state index contributed by atoms with van der Waals surface area (Å²) in [5.41, 5.74) is 0.460. The van der Waals surface area contributed by atoms with E-state index in [0.29, 0.717) is 47.5 Å². The Morgan fingerprint density at radius 2 is 1.59 bits per heavy atom. The first-order valence-electron chi connectivity index (χ1n) is 9.97. The van der Waals surface area contributed by atoms with Crippen molar-refractivity contribution in [3.63, 3.8) is 0 Å². The highest BCUT2D eigenvalue weighted by Crippen LogP contribution is 2.27. The third-order valence-electron chi connectivity index (χ3n) is 4.73. The van der Waals surface area contributed by atoms with E-state index in [4.69, 9.17) is 37.4 Å². The van der Waals surface area contributed by atoms with Crippen LogP contribution in [-0.2, 0) is 9.53 Å². The summed E-state index contributed by atoms with van der Waals surface area (Å²) in [5.74, 6) is 0.317. The molecule has 10 heteroatoms. The van der Waals surface area contributed by atoms with Gasteiger partial charge in [-0.2, -0.15) is 0 Å². The summed E-state index contributed by atoms with van der Waals surface area (Å²) in [6.45, 7) is 3.32. The smallest absolute Gasteiger partial charge is 0.482 e. The normalized spacial score (nSPS) is 13.5. The second-order valence-electron chi connectivity index (χ2n) is 6.85. The summed E-state index contributed by atoms with van der Waals surface area (Å²) in [4.78, 5) is 39.8. The molecule has 2 aromatic rings. The van der Waals surface area contributed by atoms with Crippen LogP contribution in [0.4, 0.5) is 4.79 Å². The molecular weight excluding hydrogens is 459 g/mol. The Balaban J connectivity index is 1.47. The summed E-state index contributed by atoms with van der Waals surface area (Å²) in [6.07, 6.45) is -0.797. The molecule has 1 aliphatic rings. The van der Waals surface area contributed by atoms with E-state index in [0.717, 1.165) is 0 Å². The number of carbonyl (C=O) groups is 3. The zero-order valence-corrected chi connectivity index (χ0v) is 18.9. The van der Waals surface area contributed by atoms with Crippen molar-refractivity contribution in [3.8, 4) is 11.5 Å². The molecule has 0 radical (unpaired) electrons. The van der Waals surface area contributed by atoms with Gasteiger partial charge in [0.05, 0.1) is 11.6 Å². The maximum absolute atomic E-state index is 12.7. The summed E-state index contributed by atoms with van der Waals surface area (Å²) >= 11 is 11.9. The molecule has 0 aromatic heterocycles. The minimum absolute atomic E-state index is 0.156. The molecule has 1 aliphatic heterocycles. The molecule has 0 saturated carbocycles. The van der Waals surface area contributed by atoms with Crippen molar-refractivity contribution in [2.45, 2.75) is 6.92 Å². The number of amides is 2. The first kappa shape index (κ1) is 23.7. The van der Waals surface area contributed by atoms with Crippen LogP contribution in [0, 0.1) is 0 Å². The number of hydrogen-bond acceptors (Lipinski definition) is 6. The molecule has 1 saturated heterocycles. The summed E-state index contributed by atoms with van der Waals surface area (Å²) in [6, 6.07) is 11.0. The van der Waals surface area contributed by atoms with Gasteiger partial charge in [0, 0.05) is 36.8 Å². The highest BCUT2D eigenvalue weighted by atomic mass is 35.5. The Morgan fingerprint density at radius 1 is 0.938 bits per heavy atom. The molecule has 0 unspecified atom stereocenters. The lowest BCUT2D eigenvalue weighted by atomic mass is 10.1. The Morgan fingerprint density at radius 3 is 2.22 bits per heavy atom. The van der Waals surface area contributed by atoms with Crippen LogP contribution in [0.1, 0.15) is 17.3 Å². The molecule has 8 nitrogen and oxygen atoms in total. The molecule has 1 heterocycles. The van der Waals surface area contributed by atoms with Crippen molar-refractivity contribution in [3.05, 3.63) is 58.1 Å². The van der Waals surface area contributed by atoms with Gasteiger partial charge in [-0.1, -0.05) is 23.2 Å². The monoisotopic (exact) mass is 480 g/mol.